The van der Waals surface area contributed by atoms with E-state index in [0.29, 0.717) is 0 Å². The van der Waals surface area contributed by atoms with Crippen LogP contribution in [0, 0.1) is 5.41 Å². The maximum atomic E-state index is 4.94. The lowest BCUT2D eigenvalue weighted by Crippen LogP contribution is -2.31. The molecule has 0 aromatic heterocycles. The van der Waals surface area contributed by atoms with Crippen molar-refractivity contribution in [3.05, 3.63) is 12.7 Å². The molecular weight excluding hydrogens is 150 g/mol. The van der Waals surface area contributed by atoms with Crippen molar-refractivity contribution in [2.45, 2.75) is 20.3 Å². The smallest absolute Gasteiger partial charge is 0.0587 e. The van der Waals surface area contributed by atoms with Gasteiger partial charge in [-0.05, 0) is 11.8 Å². The molecule has 1 N–H and O–H groups in total. The van der Waals surface area contributed by atoms with E-state index in [0.717, 1.165) is 26.1 Å². The van der Waals surface area contributed by atoms with Gasteiger partial charge in [0.25, 0.3) is 0 Å². The van der Waals surface area contributed by atoms with E-state index in [2.05, 4.69) is 25.7 Å². The molecule has 0 aromatic carbocycles. The maximum absolute atomic E-state index is 4.94. The highest BCUT2D eigenvalue weighted by Gasteiger charge is 2.15. The molecule has 0 aromatic rings. The van der Waals surface area contributed by atoms with Gasteiger partial charge < -0.3 is 10.1 Å². The third-order valence-electron chi connectivity index (χ3n) is 2.31. The van der Waals surface area contributed by atoms with Crippen LogP contribution in [0.3, 0.4) is 0 Å². The number of methoxy groups -OCH3 is 1. The third-order valence-corrected chi connectivity index (χ3v) is 2.31. The molecule has 0 aliphatic heterocycles. The lowest BCUT2D eigenvalue weighted by Gasteiger charge is -2.24. The molecule has 0 saturated heterocycles. The first-order valence-corrected chi connectivity index (χ1v) is 4.52. The van der Waals surface area contributed by atoms with E-state index in [4.69, 9.17) is 4.74 Å². The Morgan fingerprint density at radius 1 is 1.58 bits per heavy atom. The van der Waals surface area contributed by atoms with Crippen LogP contribution in [-0.4, -0.2) is 26.8 Å². The van der Waals surface area contributed by atoms with E-state index in [1.54, 1.807) is 7.11 Å². The fourth-order valence-corrected chi connectivity index (χ4v) is 0.890. The number of hydrogen-bond acceptors (Lipinski definition) is 2. The van der Waals surface area contributed by atoms with Crippen molar-refractivity contribution in [2.24, 2.45) is 5.41 Å². The van der Waals surface area contributed by atoms with Crippen molar-refractivity contribution in [3.63, 3.8) is 0 Å². The van der Waals surface area contributed by atoms with Crippen molar-refractivity contribution in [2.75, 3.05) is 26.8 Å². The molecule has 0 heterocycles. The largest absolute Gasteiger partial charge is 0.383 e. The van der Waals surface area contributed by atoms with Crippen LogP contribution in [0.1, 0.15) is 20.3 Å². The van der Waals surface area contributed by atoms with E-state index in [1.165, 1.54) is 0 Å². The number of nitrogens with one attached hydrogen (secondary N) is 1. The zero-order valence-corrected chi connectivity index (χ0v) is 8.52. The van der Waals surface area contributed by atoms with Gasteiger partial charge in [0.2, 0.25) is 0 Å². The van der Waals surface area contributed by atoms with Gasteiger partial charge in [0.15, 0.2) is 0 Å². The van der Waals surface area contributed by atoms with Crippen molar-refractivity contribution in [1.29, 1.82) is 0 Å². The van der Waals surface area contributed by atoms with Crippen LogP contribution in [0.25, 0.3) is 0 Å². The average molecular weight is 171 g/mol. The quantitative estimate of drug-likeness (QED) is 0.466. The van der Waals surface area contributed by atoms with Crippen LogP contribution in [0.5, 0.6) is 0 Å². The van der Waals surface area contributed by atoms with Gasteiger partial charge in [0, 0.05) is 20.2 Å². The molecule has 0 aliphatic rings. The topological polar surface area (TPSA) is 21.3 Å². The highest BCUT2D eigenvalue weighted by atomic mass is 16.5. The van der Waals surface area contributed by atoms with E-state index in [9.17, 15) is 0 Å². The minimum atomic E-state index is 0.230. The number of rotatable bonds is 7. The lowest BCUT2D eigenvalue weighted by atomic mass is 9.88. The third kappa shape index (κ3) is 4.52. The van der Waals surface area contributed by atoms with Crippen LogP contribution >= 0.6 is 0 Å². The summed E-state index contributed by atoms with van der Waals surface area (Å²) < 4.78 is 4.94. The first-order chi connectivity index (χ1) is 5.68. The fraction of sp³-hybridized carbons (Fsp3) is 0.800. The van der Waals surface area contributed by atoms with Gasteiger partial charge in [-0.15, -0.1) is 6.58 Å². The van der Waals surface area contributed by atoms with Crippen molar-refractivity contribution in [1.82, 2.24) is 5.32 Å². The van der Waals surface area contributed by atoms with Gasteiger partial charge in [-0.25, -0.2) is 0 Å². The summed E-state index contributed by atoms with van der Waals surface area (Å²) in [7, 11) is 1.72. The molecule has 0 bridgehead atoms. The molecule has 1 unspecified atom stereocenters. The van der Waals surface area contributed by atoms with Crippen LogP contribution in [0.2, 0.25) is 0 Å². The minimum absolute atomic E-state index is 0.230. The molecule has 2 nitrogen and oxygen atoms in total. The Balaban J connectivity index is 3.51. The Kier molecular flexibility index (Phi) is 6.03. The molecule has 0 saturated carbocycles. The average Bonchev–Trinajstić information content (AvgIpc) is 2.12. The second-order valence-electron chi connectivity index (χ2n) is 3.38. The molecule has 72 valence electrons. The molecule has 1 atom stereocenters. The Bertz CT molecular complexity index is 125. The molecule has 0 amide bonds. The van der Waals surface area contributed by atoms with E-state index < -0.39 is 0 Å². The molecular formula is C10H21NO. The predicted molar refractivity (Wildman–Crippen MR) is 53.3 cm³/mol. The van der Waals surface area contributed by atoms with Gasteiger partial charge in [-0.2, -0.15) is 0 Å². The molecule has 0 fully saturated rings. The Hall–Kier alpha value is -0.340. The van der Waals surface area contributed by atoms with Crippen LogP contribution in [-0.2, 0) is 4.74 Å². The van der Waals surface area contributed by atoms with Gasteiger partial charge in [0.05, 0.1) is 6.61 Å². The first-order valence-electron chi connectivity index (χ1n) is 4.52. The fourth-order valence-electron chi connectivity index (χ4n) is 0.890. The summed E-state index contributed by atoms with van der Waals surface area (Å²) in [5.74, 6) is 0. The van der Waals surface area contributed by atoms with Gasteiger partial charge in [0.1, 0.15) is 0 Å². The summed E-state index contributed by atoms with van der Waals surface area (Å²) >= 11 is 0. The van der Waals surface area contributed by atoms with E-state index >= 15 is 0 Å². The SMILES string of the molecule is C=CC(C)(CC)CNCCOC. The second-order valence-corrected chi connectivity index (χ2v) is 3.38. The summed E-state index contributed by atoms with van der Waals surface area (Å²) in [6.45, 7) is 10.9. The number of ether oxygens (including phenoxy) is 1. The summed E-state index contributed by atoms with van der Waals surface area (Å²) in [5, 5.41) is 3.33. The van der Waals surface area contributed by atoms with E-state index in [-0.39, 0.29) is 5.41 Å². The Morgan fingerprint density at radius 2 is 2.25 bits per heavy atom. The minimum Gasteiger partial charge on any atom is -0.383 e. The zero-order chi connectivity index (χ0) is 9.45. The molecule has 0 rings (SSSR count). The van der Waals surface area contributed by atoms with Gasteiger partial charge in [-0.3, -0.25) is 0 Å². The summed E-state index contributed by atoms with van der Waals surface area (Å²) in [6, 6.07) is 0. The highest BCUT2D eigenvalue weighted by Crippen LogP contribution is 2.20. The molecule has 0 aliphatic carbocycles. The van der Waals surface area contributed by atoms with Gasteiger partial charge >= 0.3 is 0 Å². The van der Waals surface area contributed by atoms with Crippen molar-refractivity contribution >= 4 is 0 Å². The van der Waals surface area contributed by atoms with Crippen LogP contribution in [0.15, 0.2) is 12.7 Å². The maximum Gasteiger partial charge on any atom is 0.0587 e. The van der Waals surface area contributed by atoms with Gasteiger partial charge in [-0.1, -0.05) is 19.9 Å². The molecule has 2 heteroatoms. The van der Waals surface area contributed by atoms with E-state index in [1.807, 2.05) is 6.08 Å². The second kappa shape index (κ2) is 6.21. The highest BCUT2D eigenvalue weighted by molar-refractivity contribution is 4.91. The monoisotopic (exact) mass is 171 g/mol. The summed E-state index contributed by atoms with van der Waals surface area (Å²) in [4.78, 5) is 0. The predicted octanol–water partition coefficient (Wildman–Crippen LogP) is 1.82. The zero-order valence-electron chi connectivity index (χ0n) is 8.52. The summed E-state index contributed by atoms with van der Waals surface area (Å²) in [5.41, 5.74) is 0.230. The van der Waals surface area contributed by atoms with Crippen molar-refractivity contribution < 1.29 is 4.74 Å². The lowest BCUT2D eigenvalue weighted by molar-refractivity contribution is 0.195. The normalized spacial score (nSPS) is 15.6. The molecule has 0 radical (unpaired) electrons. The summed E-state index contributed by atoms with van der Waals surface area (Å²) in [6.07, 6.45) is 3.14. The molecule has 12 heavy (non-hydrogen) atoms. The Labute approximate surface area is 76.0 Å². The van der Waals surface area contributed by atoms with Crippen LogP contribution in [0.4, 0.5) is 0 Å². The standard InChI is InChI=1S/C10H21NO/c1-5-10(3,6-2)9-11-7-8-12-4/h5,11H,1,6-9H2,2-4H3. The Morgan fingerprint density at radius 3 is 2.67 bits per heavy atom. The molecule has 0 spiro atoms. The number of hydrogen-bond donors (Lipinski definition) is 1. The first kappa shape index (κ1) is 11.7. The van der Waals surface area contributed by atoms with Crippen LogP contribution < -0.4 is 5.32 Å². The van der Waals surface area contributed by atoms with Crippen molar-refractivity contribution in [3.8, 4) is 0 Å².